The van der Waals surface area contributed by atoms with Crippen molar-refractivity contribution in [3.05, 3.63) is 34.6 Å². The van der Waals surface area contributed by atoms with Crippen LogP contribution >= 0.6 is 11.6 Å². The highest BCUT2D eigenvalue weighted by Gasteiger charge is 2.34. The van der Waals surface area contributed by atoms with Crippen LogP contribution in [0.3, 0.4) is 0 Å². The Bertz CT molecular complexity index is 382. The van der Waals surface area contributed by atoms with Crippen LogP contribution in [0.15, 0.2) is 18.2 Å². The Kier molecular flexibility index (Phi) is 4.05. The first kappa shape index (κ1) is 12.8. The van der Waals surface area contributed by atoms with Gasteiger partial charge < -0.3 is 5.32 Å². The molecule has 3 heteroatoms. The standard InChI is InChI=1S/C14H19ClFN/c1-2-14(6-3-7-14)10-17-9-11-8-12(15)4-5-13(11)16/h4-5,8,17H,2-3,6-7,9-10H2,1H3. The van der Waals surface area contributed by atoms with E-state index in [0.29, 0.717) is 22.5 Å². The van der Waals surface area contributed by atoms with E-state index in [1.807, 2.05) is 0 Å². The van der Waals surface area contributed by atoms with Gasteiger partial charge >= 0.3 is 0 Å². The molecule has 0 heterocycles. The SMILES string of the molecule is CCC1(CNCc2cc(Cl)ccc2F)CCC1. The molecule has 0 aliphatic heterocycles. The van der Waals surface area contributed by atoms with E-state index in [-0.39, 0.29) is 5.82 Å². The Morgan fingerprint density at radius 1 is 1.41 bits per heavy atom. The van der Waals surface area contributed by atoms with E-state index < -0.39 is 0 Å². The predicted molar refractivity (Wildman–Crippen MR) is 69.7 cm³/mol. The van der Waals surface area contributed by atoms with E-state index in [1.165, 1.54) is 31.7 Å². The Balaban J connectivity index is 1.87. The Hall–Kier alpha value is -0.600. The van der Waals surface area contributed by atoms with Crippen molar-refractivity contribution in [2.45, 2.75) is 39.2 Å². The van der Waals surface area contributed by atoms with E-state index >= 15 is 0 Å². The molecule has 0 spiro atoms. The number of hydrogen-bond donors (Lipinski definition) is 1. The molecule has 1 saturated carbocycles. The van der Waals surface area contributed by atoms with Gasteiger partial charge in [-0.3, -0.25) is 0 Å². The molecule has 1 fully saturated rings. The fraction of sp³-hybridized carbons (Fsp3) is 0.571. The minimum absolute atomic E-state index is 0.180. The number of nitrogens with one attached hydrogen (secondary N) is 1. The summed E-state index contributed by atoms with van der Waals surface area (Å²) >= 11 is 5.86. The lowest BCUT2D eigenvalue weighted by Gasteiger charge is -2.41. The monoisotopic (exact) mass is 255 g/mol. The van der Waals surface area contributed by atoms with E-state index in [2.05, 4.69) is 12.2 Å². The van der Waals surface area contributed by atoms with Gasteiger partial charge in [-0.05, 0) is 42.9 Å². The second-order valence-electron chi connectivity index (χ2n) is 5.05. The van der Waals surface area contributed by atoms with Crippen LogP contribution in [0, 0.1) is 11.2 Å². The van der Waals surface area contributed by atoms with Crippen LogP contribution in [0.5, 0.6) is 0 Å². The van der Waals surface area contributed by atoms with Crippen molar-refractivity contribution >= 4 is 11.6 Å². The van der Waals surface area contributed by atoms with Gasteiger partial charge in [-0.15, -0.1) is 0 Å². The molecule has 0 atom stereocenters. The van der Waals surface area contributed by atoms with Gasteiger partial charge in [-0.2, -0.15) is 0 Å². The summed E-state index contributed by atoms with van der Waals surface area (Å²) in [6.07, 6.45) is 5.14. The summed E-state index contributed by atoms with van der Waals surface area (Å²) < 4.78 is 13.5. The van der Waals surface area contributed by atoms with Crippen molar-refractivity contribution in [1.82, 2.24) is 5.32 Å². The van der Waals surface area contributed by atoms with Gasteiger partial charge in [-0.1, -0.05) is 24.9 Å². The molecule has 0 unspecified atom stereocenters. The third-order valence-corrected chi connectivity index (χ3v) is 4.22. The molecule has 0 radical (unpaired) electrons. The summed E-state index contributed by atoms with van der Waals surface area (Å²) in [6, 6.07) is 4.71. The summed E-state index contributed by atoms with van der Waals surface area (Å²) in [5.41, 5.74) is 1.12. The molecule has 94 valence electrons. The number of halogens is 2. The summed E-state index contributed by atoms with van der Waals surface area (Å²) in [4.78, 5) is 0. The lowest BCUT2D eigenvalue weighted by Crippen LogP contribution is -2.39. The van der Waals surface area contributed by atoms with Crippen molar-refractivity contribution in [2.24, 2.45) is 5.41 Å². The van der Waals surface area contributed by atoms with Crippen LogP contribution in [0.1, 0.15) is 38.2 Å². The van der Waals surface area contributed by atoms with Gasteiger partial charge in [0.25, 0.3) is 0 Å². The summed E-state index contributed by atoms with van der Waals surface area (Å²) in [5, 5.41) is 3.96. The number of benzene rings is 1. The van der Waals surface area contributed by atoms with Crippen molar-refractivity contribution in [1.29, 1.82) is 0 Å². The lowest BCUT2D eigenvalue weighted by atomic mass is 9.67. The zero-order chi connectivity index (χ0) is 12.3. The molecule has 1 aromatic rings. The van der Waals surface area contributed by atoms with Crippen molar-refractivity contribution in [3.8, 4) is 0 Å². The second kappa shape index (κ2) is 5.36. The van der Waals surface area contributed by atoms with Crippen LogP contribution in [0.2, 0.25) is 5.02 Å². The third kappa shape index (κ3) is 2.99. The van der Waals surface area contributed by atoms with Gasteiger partial charge in [0.2, 0.25) is 0 Å². The van der Waals surface area contributed by atoms with Crippen LogP contribution in [-0.2, 0) is 6.54 Å². The largest absolute Gasteiger partial charge is 0.312 e. The van der Waals surface area contributed by atoms with E-state index in [0.717, 1.165) is 6.54 Å². The normalized spacial score (nSPS) is 17.8. The molecule has 1 nitrogen and oxygen atoms in total. The summed E-state index contributed by atoms with van der Waals surface area (Å²) in [7, 11) is 0. The number of rotatable bonds is 5. The quantitative estimate of drug-likeness (QED) is 0.834. The zero-order valence-electron chi connectivity index (χ0n) is 10.2. The highest BCUT2D eigenvalue weighted by Crippen LogP contribution is 2.43. The third-order valence-electron chi connectivity index (χ3n) is 3.99. The second-order valence-corrected chi connectivity index (χ2v) is 5.48. The Labute approximate surface area is 107 Å². The maximum absolute atomic E-state index is 13.5. The molecule has 0 amide bonds. The predicted octanol–water partition coefficient (Wildman–Crippen LogP) is 4.15. The van der Waals surface area contributed by atoms with Crippen molar-refractivity contribution in [2.75, 3.05) is 6.54 Å². The molecule has 1 aromatic carbocycles. The maximum atomic E-state index is 13.5. The molecular weight excluding hydrogens is 237 g/mol. The van der Waals surface area contributed by atoms with Crippen LogP contribution in [0.4, 0.5) is 4.39 Å². The fourth-order valence-corrected chi connectivity index (χ4v) is 2.67. The first-order valence-electron chi connectivity index (χ1n) is 6.30. The first-order chi connectivity index (χ1) is 8.15. The maximum Gasteiger partial charge on any atom is 0.127 e. The molecule has 2 rings (SSSR count). The minimum Gasteiger partial charge on any atom is -0.312 e. The smallest absolute Gasteiger partial charge is 0.127 e. The van der Waals surface area contributed by atoms with E-state index in [4.69, 9.17) is 11.6 Å². The van der Waals surface area contributed by atoms with Gasteiger partial charge in [0, 0.05) is 23.7 Å². The molecule has 0 saturated heterocycles. The summed E-state index contributed by atoms with van der Waals surface area (Å²) in [6.45, 7) is 3.78. The molecule has 1 aliphatic carbocycles. The van der Waals surface area contributed by atoms with Crippen LogP contribution in [-0.4, -0.2) is 6.54 Å². The lowest BCUT2D eigenvalue weighted by molar-refractivity contribution is 0.123. The van der Waals surface area contributed by atoms with Gasteiger partial charge in [0.05, 0.1) is 0 Å². The average Bonchev–Trinajstić information content (AvgIpc) is 2.27. The zero-order valence-corrected chi connectivity index (χ0v) is 11.0. The highest BCUT2D eigenvalue weighted by molar-refractivity contribution is 6.30. The van der Waals surface area contributed by atoms with Crippen LogP contribution < -0.4 is 5.32 Å². The summed E-state index contributed by atoms with van der Waals surface area (Å²) in [5.74, 6) is -0.180. The molecule has 17 heavy (non-hydrogen) atoms. The molecule has 1 aliphatic rings. The van der Waals surface area contributed by atoms with E-state index in [1.54, 1.807) is 12.1 Å². The molecule has 0 aromatic heterocycles. The minimum atomic E-state index is -0.180. The molecule has 1 N–H and O–H groups in total. The highest BCUT2D eigenvalue weighted by atomic mass is 35.5. The van der Waals surface area contributed by atoms with Gasteiger partial charge in [-0.25, -0.2) is 4.39 Å². The van der Waals surface area contributed by atoms with Crippen LogP contribution in [0.25, 0.3) is 0 Å². The average molecular weight is 256 g/mol. The number of hydrogen-bond acceptors (Lipinski definition) is 1. The Morgan fingerprint density at radius 3 is 2.76 bits per heavy atom. The van der Waals surface area contributed by atoms with Crippen molar-refractivity contribution in [3.63, 3.8) is 0 Å². The Morgan fingerprint density at radius 2 is 2.18 bits per heavy atom. The van der Waals surface area contributed by atoms with E-state index in [9.17, 15) is 4.39 Å². The first-order valence-corrected chi connectivity index (χ1v) is 6.68. The fourth-order valence-electron chi connectivity index (χ4n) is 2.47. The van der Waals surface area contributed by atoms with Gasteiger partial charge in [0.1, 0.15) is 5.82 Å². The van der Waals surface area contributed by atoms with Gasteiger partial charge in [0.15, 0.2) is 0 Å². The molecular formula is C14H19ClFN. The topological polar surface area (TPSA) is 12.0 Å². The van der Waals surface area contributed by atoms with Crippen molar-refractivity contribution < 1.29 is 4.39 Å². The molecule has 0 bridgehead atoms.